The molecule has 1 amide bonds. The highest BCUT2D eigenvalue weighted by Gasteiger charge is 2.19. The highest BCUT2D eigenvalue weighted by Crippen LogP contribution is 2.09. The van der Waals surface area contributed by atoms with Crippen LogP contribution in [-0.2, 0) is 14.3 Å². The molecule has 1 rings (SSSR count). The third kappa shape index (κ3) is 5.09. The van der Waals surface area contributed by atoms with Crippen molar-refractivity contribution in [2.24, 2.45) is 5.92 Å². The lowest BCUT2D eigenvalue weighted by molar-refractivity contribution is -0.142. The molecule has 0 saturated carbocycles. The predicted molar refractivity (Wildman–Crippen MR) is 57.1 cm³/mol. The average molecular weight is 230 g/mol. The van der Waals surface area contributed by atoms with E-state index in [1.54, 1.807) is 0 Å². The van der Waals surface area contributed by atoms with E-state index in [0.717, 1.165) is 25.9 Å². The van der Waals surface area contributed by atoms with Gasteiger partial charge in [-0.15, -0.1) is 0 Å². The van der Waals surface area contributed by atoms with Crippen LogP contribution in [0.1, 0.15) is 12.8 Å². The molecule has 16 heavy (non-hydrogen) atoms. The number of carboxylic acids is 1. The largest absolute Gasteiger partial charge is 0.480 e. The van der Waals surface area contributed by atoms with Gasteiger partial charge in [-0.2, -0.15) is 0 Å². The second-order valence-electron chi connectivity index (χ2n) is 3.78. The standard InChI is InChI=1S/C10H18N2O4/c13-9(14)7-16-5-4-12-10(15)8-2-1-3-11-6-8/h8,11H,1-7H2,(H,12,15)(H,13,14)/t8-/m1/s1. The maximum Gasteiger partial charge on any atom is 0.329 e. The molecule has 6 heteroatoms. The van der Waals surface area contributed by atoms with Gasteiger partial charge in [-0.1, -0.05) is 0 Å². The van der Waals surface area contributed by atoms with Gasteiger partial charge in [0.15, 0.2) is 0 Å². The van der Waals surface area contributed by atoms with Gasteiger partial charge in [-0.05, 0) is 19.4 Å². The van der Waals surface area contributed by atoms with Crippen LogP contribution < -0.4 is 10.6 Å². The molecule has 6 nitrogen and oxygen atoms in total. The first-order chi connectivity index (χ1) is 7.70. The Hall–Kier alpha value is -1.14. The van der Waals surface area contributed by atoms with Crippen LogP contribution in [0.3, 0.4) is 0 Å². The maximum atomic E-state index is 11.6. The Kier molecular flexibility index (Phi) is 5.81. The zero-order valence-corrected chi connectivity index (χ0v) is 9.20. The summed E-state index contributed by atoms with van der Waals surface area (Å²) in [5, 5.41) is 14.2. The van der Waals surface area contributed by atoms with Crippen molar-refractivity contribution in [2.45, 2.75) is 12.8 Å². The summed E-state index contributed by atoms with van der Waals surface area (Å²) in [7, 11) is 0. The van der Waals surface area contributed by atoms with Crippen molar-refractivity contribution in [1.82, 2.24) is 10.6 Å². The molecular formula is C10H18N2O4. The fraction of sp³-hybridized carbons (Fsp3) is 0.800. The van der Waals surface area contributed by atoms with Gasteiger partial charge in [0.25, 0.3) is 0 Å². The van der Waals surface area contributed by atoms with E-state index in [0.29, 0.717) is 6.54 Å². The first-order valence-corrected chi connectivity index (χ1v) is 5.48. The smallest absolute Gasteiger partial charge is 0.329 e. The summed E-state index contributed by atoms with van der Waals surface area (Å²) in [6, 6.07) is 0. The maximum absolute atomic E-state index is 11.6. The fourth-order valence-electron chi connectivity index (χ4n) is 1.63. The van der Waals surface area contributed by atoms with Crippen molar-refractivity contribution in [2.75, 3.05) is 32.8 Å². The predicted octanol–water partition coefficient (Wildman–Crippen LogP) is -0.797. The third-order valence-electron chi connectivity index (χ3n) is 2.44. The van der Waals surface area contributed by atoms with Crippen LogP contribution >= 0.6 is 0 Å². The van der Waals surface area contributed by atoms with Crippen LogP contribution in [0, 0.1) is 5.92 Å². The highest BCUT2D eigenvalue weighted by molar-refractivity contribution is 5.78. The Morgan fingerprint density at radius 2 is 2.31 bits per heavy atom. The Balaban J connectivity index is 2.03. The van der Waals surface area contributed by atoms with E-state index in [1.165, 1.54) is 0 Å². The van der Waals surface area contributed by atoms with E-state index in [4.69, 9.17) is 9.84 Å². The second-order valence-corrected chi connectivity index (χ2v) is 3.78. The number of hydrogen-bond acceptors (Lipinski definition) is 4. The third-order valence-corrected chi connectivity index (χ3v) is 2.44. The molecule has 0 bridgehead atoms. The topological polar surface area (TPSA) is 87.7 Å². The molecule has 1 saturated heterocycles. The summed E-state index contributed by atoms with van der Waals surface area (Å²) in [4.78, 5) is 21.7. The van der Waals surface area contributed by atoms with Crippen LogP contribution in [0.15, 0.2) is 0 Å². The van der Waals surface area contributed by atoms with Crippen LogP contribution in [-0.4, -0.2) is 49.8 Å². The molecule has 0 aliphatic carbocycles. The van der Waals surface area contributed by atoms with Crippen molar-refractivity contribution >= 4 is 11.9 Å². The van der Waals surface area contributed by atoms with Gasteiger partial charge < -0.3 is 20.5 Å². The van der Waals surface area contributed by atoms with E-state index < -0.39 is 5.97 Å². The molecule has 3 N–H and O–H groups in total. The number of carboxylic acid groups (broad SMARTS) is 1. The summed E-state index contributed by atoms with van der Waals surface area (Å²) in [5.74, 6) is -0.942. The number of ether oxygens (including phenoxy) is 1. The number of carbonyl (C=O) groups excluding carboxylic acids is 1. The van der Waals surface area contributed by atoms with Gasteiger partial charge in [-0.25, -0.2) is 4.79 Å². The Morgan fingerprint density at radius 1 is 1.50 bits per heavy atom. The summed E-state index contributed by atoms with van der Waals surface area (Å²) >= 11 is 0. The van der Waals surface area contributed by atoms with Gasteiger partial charge in [0.2, 0.25) is 5.91 Å². The van der Waals surface area contributed by atoms with Crippen molar-refractivity contribution in [3.8, 4) is 0 Å². The highest BCUT2D eigenvalue weighted by atomic mass is 16.5. The number of aliphatic carboxylic acids is 1. The van der Waals surface area contributed by atoms with Crippen LogP contribution in [0.4, 0.5) is 0 Å². The van der Waals surface area contributed by atoms with Crippen molar-refractivity contribution in [3.63, 3.8) is 0 Å². The minimum Gasteiger partial charge on any atom is -0.480 e. The van der Waals surface area contributed by atoms with Gasteiger partial charge in [0.05, 0.1) is 12.5 Å². The van der Waals surface area contributed by atoms with E-state index >= 15 is 0 Å². The van der Waals surface area contributed by atoms with Crippen molar-refractivity contribution < 1.29 is 19.4 Å². The quantitative estimate of drug-likeness (QED) is 0.520. The van der Waals surface area contributed by atoms with Crippen LogP contribution in [0.2, 0.25) is 0 Å². The number of carbonyl (C=O) groups is 2. The number of piperidine rings is 1. The van der Waals surface area contributed by atoms with Gasteiger partial charge >= 0.3 is 5.97 Å². The van der Waals surface area contributed by atoms with Gasteiger partial charge in [-0.3, -0.25) is 4.79 Å². The van der Waals surface area contributed by atoms with Gasteiger partial charge in [0.1, 0.15) is 6.61 Å². The Morgan fingerprint density at radius 3 is 2.94 bits per heavy atom. The second kappa shape index (κ2) is 7.19. The van der Waals surface area contributed by atoms with E-state index in [9.17, 15) is 9.59 Å². The zero-order valence-electron chi connectivity index (χ0n) is 9.20. The molecule has 1 aliphatic rings. The average Bonchev–Trinajstić information content (AvgIpc) is 2.29. The molecule has 92 valence electrons. The molecule has 0 aromatic carbocycles. The van der Waals surface area contributed by atoms with Crippen LogP contribution in [0.5, 0.6) is 0 Å². The summed E-state index contributed by atoms with van der Waals surface area (Å²) in [6.45, 7) is 1.98. The molecule has 1 fully saturated rings. The van der Waals surface area contributed by atoms with Crippen molar-refractivity contribution in [1.29, 1.82) is 0 Å². The first-order valence-electron chi connectivity index (χ1n) is 5.48. The van der Waals surface area contributed by atoms with E-state index in [1.807, 2.05) is 0 Å². The SMILES string of the molecule is O=C(O)COCCNC(=O)[C@@H]1CCCNC1. The fourth-order valence-corrected chi connectivity index (χ4v) is 1.63. The summed E-state index contributed by atoms with van der Waals surface area (Å²) in [5.41, 5.74) is 0. The summed E-state index contributed by atoms with van der Waals surface area (Å²) in [6.07, 6.45) is 1.93. The molecule has 0 radical (unpaired) electrons. The van der Waals surface area contributed by atoms with Gasteiger partial charge in [0, 0.05) is 13.1 Å². The molecule has 1 heterocycles. The molecular weight excluding hydrogens is 212 g/mol. The minimum atomic E-state index is -0.997. The molecule has 0 aromatic rings. The normalized spacial score (nSPS) is 20.4. The summed E-state index contributed by atoms with van der Waals surface area (Å²) < 4.78 is 4.80. The minimum absolute atomic E-state index is 0.0196. The van der Waals surface area contributed by atoms with Crippen LogP contribution in [0.25, 0.3) is 0 Å². The van der Waals surface area contributed by atoms with Crippen molar-refractivity contribution in [3.05, 3.63) is 0 Å². The lowest BCUT2D eigenvalue weighted by Crippen LogP contribution is -2.41. The first kappa shape index (κ1) is 12.9. The Labute approximate surface area is 94.3 Å². The number of amides is 1. The lowest BCUT2D eigenvalue weighted by atomic mass is 9.99. The number of nitrogens with one attached hydrogen (secondary N) is 2. The molecule has 1 atom stereocenters. The lowest BCUT2D eigenvalue weighted by Gasteiger charge is -2.21. The number of hydrogen-bond donors (Lipinski definition) is 3. The molecule has 0 spiro atoms. The molecule has 1 aliphatic heterocycles. The van der Waals surface area contributed by atoms with E-state index in [2.05, 4.69) is 10.6 Å². The Bertz CT molecular complexity index is 239. The number of rotatable bonds is 6. The monoisotopic (exact) mass is 230 g/mol. The molecule has 0 unspecified atom stereocenters. The zero-order chi connectivity index (χ0) is 11.8. The molecule has 0 aromatic heterocycles. The van der Waals surface area contributed by atoms with E-state index in [-0.39, 0.29) is 25.0 Å².